The minimum Gasteiger partial charge on any atom is -0.453 e. The molecule has 1 aliphatic rings. The van der Waals surface area contributed by atoms with Gasteiger partial charge in [0.15, 0.2) is 6.26 Å². The third-order valence-electron chi connectivity index (χ3n) is 2.71. The van der Waals surface area contributed by atoms with Crippen LogP contribution in [0.4, 0.5) is 5.82 Å². The molecule has 2 aromatic heterocycles. The van der Waals surface area contributed by atoms with Crippen molar-refractivity contribution >= 4 is 16.8 Å². The van der Waals surface area contributed by atoms with Gasteiger partial charge in [0.2, 0.25) is 0 Å². The topological polar surface area (TPSA) is 29.3 Å². The monoisotopic (exact) mass is 187 g/mol. The van der Waals surface area contributed by atoms with Crippen LogP contribution in [0.3, 0.4) is 0 Å². The average Bonchev–Trinajstić information content (AvgIpc) is 2.88. The maximum Gasteiger partial charge on any atom is 0.170 e. The quantitative estimate of drug-likeness (QED) is 0.685. The smallest absolute Gasteiger partial charge is 0.170 e. The van der Waals surface area contributed by atoms with Gasteiger partial charge in [0.25, 0.3) is 0 Å². The van der Waals surface area contributed by atoms with Gasteiger partial charge in [-0.05, 0) is 25.0 Å². The molecule has 0 atom stereocenters. The summed E-state index contributed by atoms with van der Waals surface area (Å²) in [7, 11) is 0. The molecule has 2 aromatic rings. The van der Waals surface area contributed by atoms with E-state index in [1.54, 1.807) is 6.20 Å². The van der Waals surface area contributed by atoms with E-state index < -0.39 is 0 Å². The molecule has 1 fully saturated rings. The Labute approximate surface area is 82.3 Å². The van der Waals surface area contributed by atoms with Crippen molar-refractivity contribution in [2.75, 3.05) is 18.0 Å². The summed E-state index contributed by atoms with van der Waals surface area (Å²) in [5, 5.41) is 1.08. The molecule has 0 aliphatic carbocycles. The van der Waals surface area contributed by atoms with E-state index in [0.29, 0.717) is 0 Å². The van der Waals surface area contributed by atoms with E-state index in [0.717, 1.165) is 29.9 Å². The Morgan fingerprint density at radius 1 is 1.36 bits per heavy atom. The van der Waals surface area contributed by atoms with Crippen LogP contribution in [0.1, 0.15) is 12.8 Å². The highest BCUT2D eigenvalue weighted by Gasteiger charge is 2.16. The molecule has 0 saturated carbocycles. The molecule has 1 aliphatic heterocycles. The van der Waals surface area contributed by atoms with E-state index in [-0.39, 0.29) is 0 Å². The van der Waals surface area contributed by atoms with Crippen LogP contribution >= 0.6 is 0 Å². The van der Waals surface area contributed by atoms with Crippen LogP contribution in [0.5, 0.6) is 0 Å². The Bertz CT molecular complexity index is 443. The number of nitrogens with zero attached hydrogens (tertiary/aromatic N) is 2. The lowest BCUT2D eigenvalue weighted by molar-refractivity contribution is 0.605. The van der Waals surface area contributed by atoms with Crippen LogP contribution in [-0.4, -0.2) is 18.1 Å². The third kappa shape index (κ3) is 1.09. The Hall–Kier alpha value is -1.51. The van der Waals surface area contributed by atoms with E-state index in [1.807, 2.05) is 12.1 Å². The molecule has 0 spiro atoms. The zero-order valence-electron chi connectivity index (χ0n) is 7.86. The maximum absolute atomic E-state index is 5.23. The number of rotatable bonds is 1. The largest absolute Gasteiger partial charge is 0.453 e. The van der Waals surface area contributed by atoms with Crippen molar-refractivity contribution in [3.8, 4) is 0 Å². The van der Waals surface area contributed by atoms with Gasteiger partial charge in [-0.15, -0.1) is 0 Å². The standard InChI is InChI=1S/C11H11N2O/c1-2-7-13(6-1)11-9-4-8-14-10(9)3-5-12-11/h3-5H,1-2,6-7H2. The highest BCUT2D eigenvalue weighted by molar-refractivity contribution is 5.88. The molecule has 3 heteroatoms. The van der Waals surface area contributed by atoms with Crippen LogP contribution in [0, 0.1) is 6.26 Å². The van der Waals surface area contributed by atoms with Gasteiger partial charge in [0.1, 0.15) is 11.4 Å². The fourth-order valence-electron chi connectivity index (χ4n) is 2.00. The SMILES string of the molecule is [c]1cc2c(N3CCCC3)nccc2o1. The van der Waals surface area contributed by atoms with Crippen molar-refractivity contribution in [3.05, 3.63) is 24.6 Å². The van der Waals surface area contributed by atoms with Gasteiger partial charge in [-0.1, -0.05) is 0 Å². The lowest BCUT2D eigenvalue weighted by Gasteiger charge is -2.16. The molecule has 71 valence electrons. The minimum absolute atomic E-state index is 0.877. The van der Waals surface area contributed by atoms with Crippen molar-refractivity contribution < 1.29 is 4.42 Å². The van der Waals surface area contributed by atoms with E-state index in [2.05, 4.69) is 16.1 Å². The first kappa shape index (κ1) is 7.85. The van der Waals surface area contributed by atoms with E-state index >= 15 is 0 Å². The minimum atomic E-state index is 0.877. The first-order valence-electron chi connectivity index (χ1n) is 4.95. The molecule has 0 aromatic carbocycles. The second-order valence-electron chi connectivity index (χ2n) is 3.60. The fraction of sp³-hybridized carbons (Fsp3) is 0.364. The fourth-order valence-corrected chi connectivity index (χ4v) is 2.00. The molecule has 3 nitrogen and oxygen atoms in total. The highest BCUT2D eigenvalue weighted by Crippen LogP contribution is 2.27. The van der Waals surface area contributed by atoms with Gasteiger partial charge < -0.3 is 9.32 Å². The van der Waals surface area contributed by atoms with Crippen molar-refractivity contribution in [2.24, 2.45) is 0 Å². The van der Waals surface area contributed by atoms with E-state index in [1.165, 1.54) is 12.8 Å². The molecule has 1 saturated heterocycles. The third-order valence-corrected chi connectivity index (χ3v) is 2.71. The molecular weight excluding hydrogens is 176 g/mol. The summed E-state index contributed by atoms with van der Waals surface area (Å²) in [5.74, 6) is 1.05. The zero-order valence-corrected chi connectivity index (χ0v) is 7.86. The van der Waals surface area contributed by atoms with Crippen molar-refractivity contribution in [1.82, 2.24) is 4.98 Å². The molecule has 1 radical (unpaired) electrons. The Morgan fingerprint density at radius 3 is 3.07 bits per heavy atom. The van der Waals surface area contributed by atoms with Crippen LogP contribution < -0.4 is 4.90 Å². The molecule has 3 rings (SSSR count). The zero-order chi connectivity index (χ0) is 9.38. The first-order valence-corrected chi connectivity index (χ1v) is 4.95. The van der Waals surface area contributed by atoms with E-state index in [9.17, 15) is 0 Å². The molecule has 0 bridgehead atoms. The number of hydrogen-bond acceptors (Lipinski definition) is 3. The van der Waals surface area contributed by atoms with Gasteiger partial charge in [0, 0.05) is 19.3 Å². The summed E-state index contributed by atoms with van der Waals surface area (Å²) in [6, 6.07) is 3.75. The molecule has 14 heavy (non-hydrogen) atoms. The molecule has 0 N–H and O–H groups in total. The number of anilines is 1. The summed E-state index contributed by atoms with van der Waals surface area (Å²) >= 11 is 0. The summed E-state index contributed by atoms with van der Waals surface area (Å²) < 4.78 is 5.23. The lowest BCUT2D eigenvalue weighted by Crippen LogP contribution is -2.18. The van der Waals surface area contributed by atoms with Gasteiger partial charge >= 0.3 is 0 Å². The van der Waals surface area contributed by atoms with Crippen molar-refractivity contribution in [2.45, 2.75) is 12.8 Å². The lowest BCUT2D eigenvalue weighted by atomic mass is 10.3. The Kier molecular flexibility index (Phi) is 1.69. The average molecular weight is 187 g/mol. The second kappa shape index (κ2) is 3.01. The number of furan rings is 1. The molecular formula is C11H11N2O. The summed E-state index contributed by atoms with van der Waals surface area (Å²) in [6.45, 7) is 2.22. The number of fused-ring (bicyclic) bond motifs is 1. The van der Waals surface area contributed by atoms with Crippen LogP contribution in [0.15, 0.2) is 22.7 Å². The number of pyridine rings is 1. The Balaban J connectivity index is 2.14. The van der Waals surface area contributed by atoms with Gasteiger partial charge in [-0.3, -0.25) is 0 Å². The normalized spacial score (nSPS) is 16.7. The van der Waals surface area contributed by atoms with Crippen LogP contribution in [0.2, 0.25) is 0 Å². The summed E-state index contributed by atoms with van der Waals surface area (Å²) in [5.41, 5.74) is 0.877. The number of hydrogen-bond donors (Lipinski definition) is 0. The second-order valence-corrected chi connectivity index (χ2v) is 3.60. The van der Waals surface area contributed by atoms with Gasteiger partial charge in [0.05, 0.1) is 5.39 Å². The summed E-state index contributed by atoms with van der Waals surface area (Å²) in [6.07, 6.45) is 7.09. The predicted octanol–water partition coefficient (Wildman–Crippen LogP) is 2.23. The summed E-state index contributed by atoms with van der Waals surface area (Å²) in [4.78, 5) is 6.72. The van der Waals surface area contributed by atoms with Crippen LogP contribution in [0.25, 0.3) is 11.0 Å². The molecule has 3 heterocycles. The Morgan fingerprint density at radius 2 is 2.21 bits per heavy atom. The molecule has 0 amide bonds. The number of aromatic nitrogens is 1. The van der Waals surface area contributed by atoms with Crippen molar-refractivity contribution in [1.29, 1.82) is 0 Å². The maximum atomic E-state index is 5.23. The predicted molar refractivity (Wildman–Crippen MR) is 54.3 cm³/mol. The van der Waals surface area contributed by atoms with E-state index in [4.69, 9.17) is 4.42 Å². The van der Waals surface area contributed by atoms with Gasteiger partial charge in [-0.2, -0.15) is 0 Å². The highest BCUT2D eigenvalue weighted by atomic mass is 16.3. The van der Waals surface area contributed by atoms with Crippen molar-refractivity contribution in [3.63, 3.8) is 0 Å². The first-order chi connectivity index (χ1) is 6.95. The van der Waals surface area contributed by atoms with Gasteiger partial charge in [-0.25, -0.2) is 4.98 Å². The van der Waals surface area contributed by atoms with Crippen LogP contribution in [-0.2, 0) is 0 Å². The molecule has 0 unspecified atom stereocenters.